The predicted molar refractivity (Wildman–Crippen MR) is 189 cm³/mol. The minimum Gasteiger partial charge on any atom is -0.410 e. The molecule has 0 radical (unpaired) electrons. The van der Waals surface area contributed by atoms with Crippen molar-refractivity contribution in [3.8, 4) is 46.2 Å². The zero-order valence-electron chi connectivity index (χ0n) is 24.4. The molecule has 0 saturated carbocycles. The van der Waals surface area contributed by atoms with Crippen molar-refractivity contribution in [2.45, 2.75) is 6.54 Å². The van der Waals surface area contributed by atoms with Crippen LogP contribution >= 0.6 is 46.4 Å². The first-order valence-corrected chi connectivity index (χ1v) is 15.4. The third-order valence-electron chi connectivity index (χ3n) is 6.85. The third kappa shape index (κ3) is 7.71. The van der Waals surface area contributed by atoms with Crippen LogP contribution < -0.4 is 0 Å². The number of hydrogen-bond donors (Lipinski definition) is 1. The summed E-state index contributed by atoms with van der Waals surface area (Å²) in [7, 11) is 0. The number of rotatable bonds is 7. The fourth-order valence-electron chi connectivity index (χ4n) is 4.69. The molecule has 3 aromatic heterocycles. The number of nitrogens with zero attached hydrogens (tertiary/aromatic N) is 5. The Morgan fingerprint density at radius 2 is 1.30 bits per heavy atom. The molecule has 0 spiro atoms. The minimum atomic E-state index is -0.375. The van der Waals surface area contributed by atoms with E-state index in [1.165, 1.54) is 12.4 Å². The van der Waals surface area contributed by atoms with Crippen LogP contribution in [-0.4, -0.2) is 36.2 Å². The van der Waals surface area contributed by atoms with E-state index in [2.05, 4.69) is 21.0 Å². The molecule has 47 heavy (non-hydrogen) atoms. The Morgan fingerprint density at radius 1 is 0.745 bits per heavy atom. The van der Waals surface area contributed by atoms with Crippen molar-refractivity contribution < 1.29 is 10.0 Å². The average molecular weight is 699 g/mol. The van der Waals surface area contributed by atoms with Crippen LogP contribution in [0.1, 0.15) is 15.9 Å². The Morgan fingerprint density at radius 3 is 1.85 bits per heavy atom. The second-order valence-electron chi connectivity index (χ2n) is 9.78. The number of carbonyl (C=O) groups is 1. The van der Waals surface area contributed by atoms with E-state index in [1.807, 2.05) is 41.0 Å². The van der Waals surface area contributed by atoms with Gasteiger partial charge in [0, 0.05) is 57.1 Å². The fourth-order valence-corrected chi connectivity index (χ4v) is 5.51. The van der Waals surface area contributed by atoms with Gasteiger partial charge in [0.2, 0.25) is 5.78 Å². The summed E-state index contributed by atoms with van der Waals surface area (Å²) in [6.07, 6.45) is 12.2. The highest BCUT2D eigenvalue weighted by Crippen LogP contribution is 2.40. The monoisotopic (exact) mass is 697 g/mol. The molecule has 0 fully saturated rings. The van der Waals surface area contributed by atoms with Crippen LogP contribution in [0.5, 0.6) is 0 Å². The first kappa shape index (κ1) is 33.4. The predicted octanol–water partition coefficient (Wildman–Crippen LogP) is 9.67. The number of oxime groups is 1. The number of pyridine rings is 2. The Hall–Kier alpha value is -4.97. The Balaban J connectivity index is 0.000000207. The van der Waals surface area contributed by atoms with Crippen LogP contribution in [0, 0.1) is 12.3 Å². The summed E-state index contributed by atoms with van der Waals surface area (Å²) >= 11 is 24.8. The van der Waals surface area contributed by atoms with Crippen molar-refractivity contribution in [1.82, 2.24) is 19.5 Å². The summed E-state index contributed by atoms with van der Waals surface area (Å²) in [4.78, 5) is 25.0. The van der Waals surface area contributed by atoms with Gasteiger partial charge >= 0.3 is 0 Å². The maximum atomic E-state index is 12.1. The standard InChI is InChI=1S/C23H14Cl3N3.C13H9ClN2O2/c1-2-14-29-22(16-6-8-17(24)9-7-16)21(15-10-12-27-13-11-15)28-23(29)20-18(25)4-3-5-19(20)26;14-11-3-1-10(2-4-11)13(17)12(16-18)9-5-7-15-8-6-9/h1,3-13H,14H2;1-8,18H/b;16-12+. The van der Waals surface area contributed by atoms with Gasteiger partial charge in [0.05, 0.1) is 33.5 Å². The van der Waals surface area contributed by atoms with E-state index in [-0.39, 0.29) is 11.5 Å². The number of hydrogen-bond acceptors (Lipinski definition) is 6. The number of terminal acetylenes is 1. The second kappa shape index (κ2) is 15.5. The van der Waals surface area contributed by atoms with E-state index in [0.717, 1.165) is 22.5 Å². The summed E-state index contributed by atoms with van der Waals surface area (Å²) in [5, 5.41) is 14.2. The van der Waals surface area contributed by atoms with Gasteiger partial charge < -0.3 is 9.77 Å². The fraction of sp³-hybridized carbons (Fsp3) is 0.0278. The van der Waals surface area contributed by atoms with Crippen LogP contribution in [0.4, 0.5) is 0 Å². The smallest absolute Gasteiger partial charge is 0.215 e. The lowest BCUT2D eigenvalue weighted by molar-refractivity contribution is 0.106. The maximum Gasteiger partial charge on any atom is 0.215 e. The van der Waals surface area contributed by atoms with Gasteiger partial charge in [-0.05, 0) is 72.8 Å². The molecule has 7 nitrogen and oxygen atoms in total. The first-order chi connectivity index (χ1) is 22.8. The molecule has 0 bridgehead atoms. The van der Waals surface area contributed by atoms with E-state index >= 15 is 0 Å². The Labute approximate surface area is 291 Å². The number of Topliss-reactive ketones (excluding diaryl/α,β-unsaturated/α-hetero) is 1. The lowest BCUT2D eigenvalue weighted by atomic mass is 10.0. The van der Waals surface area contributed by atoms with E-state index in [4.69, 9.17) is 63.0 Å². The number of aromatic nitrogens is 4. The molecule has 3 aromatic carbocycles. The minimum absolute atomic E-state index is 0.0280. The molecule has 232 valence electrons. The number of halogens is 4. The molecular formula is C36H23Cl4N5O2. The molecule has 0 atom stereocenters. The van der Waals surface area contributed by atoms with Crippen molar-refractivity contribution in [3.63, 3.8) is 0 Å². The Kier molecular flexibility index (Phi) is 11.0. The van der Waals surface area contributed by atoms with Gasteiger partial charge in [0.15, 0.2) is 5.71 Å². The SMILES string of the molecule is C#CCn1c(-c2c(Cl)cccc2Cl)nc(-c2ccncc2)c1-c1ccc(Cl)cc1.O=C(/C(=N/O)c1ccncc1)c1ccc(Cl)cc1. The average Bonchev–Trinajstić information content (AvgIpc) is 3.45. The summed E-state index contributed by atoms with van der Waals surface area (Å²) in [6, 6.07) is 26.3. The lowest BCUT2D eigenvalue weighted by Crippen LogP contribution is -2.15. The largest absolute Gasteiger partial charge is 0.410 e. The van der Waals surface area contributed by atoms with Crippen molar-refractivity contribution in [1.29, 1.82) is 0 Å². The molecule has 0 amide bonds. The van der Waals surface area contributed by atoms with Crippen LogP contribution in [0.3, 0.4) is 0 Å². The first-order valence-electron chi connectivity index (χ1n) is 13.9. The van der Waals surface area contributed by atoms with E-state index in [0.29, 0.717) is 49.2 Å². The molecular weight excluding hydrogens is 676 g/mol. The van der Waals surface area contributed by atoms with Gasteiger partial charge in [-0.25, -0.2) is 4.98 Å². The van der Waals surface area contributed by atoms with Crippen molar-refractivity contribution in [3.05, 3.63) is 147 Å². The molecule has 11 heteroatoms. The summed E-state index contributed by atoms with van der Waals surface area (Å²) in [5.41, 5.74) is 4.98. The maximum absolute atomic E-state index is 12.1. The van der Waals surface area contributed by atoms with E-state index in [1.54, 1.807) is 67.0 Å². The topological polar surface area (TPSA) is 93.3 Å². The number of imidazole rings is 1. The zero-order chi connectivity index (χ0) is 33.3. The van der Waals surface area contributed by atoms with Crippen molar-refractivity contribution >= 4 is 57.9 Å². The van der Waals surface area contributed by atoms with Gasteiger partial charge in [0.1, 0.15) is 5.82 Å². The molecule has 1 N–H and O–H groups in total. The summed E-state index contributed by atoms with van der Waals surface area (Å²) in [6.45, 7) is 0.299. The highest BCUT2D eigenvalue weighted by molar-refractivity contribution is 6.51. The molecule has 6 aromatic rings. The zero-order valence-corrected chi connectivity index (χ0v) is 27.4. The molecule has 0 unspecified atom stereocenters. The van der Waals surface area contributed by atoms with Gasteiger partial charge in [-0.1, -0.05) is 75.7 Å². The molecule has 0 aliphatic rings. The quantitative estimate of drug-likeness (QED) is 0.0589. The van der Waals surface area contributed by atoms with Crippen LogP contribution in [0.2, 0.25) is 20.1 Å². The van der Waals surface area contributed by atoms with Crippen molar-refractivity contribution in [2.24, 2.45) is 5.16 Å². The normalized spacial score (nSPS) is 10.9. The van der Waals surface area contributed by atoms with E-state index < -0.39 is 0 Å². The molecule has 6 rings (SSSR count). The molecule has 0 aliphatic carbocycles. The number of benzene rings is 3. The number of ketones is 1. The second-order valence-corrected chi connectivity index (χ2v) is 11.5. The van der Waals surface area contributed by atoms with Crippen LogP contribution in [0.15, 0.2) is 121 Å². The highest BCUT2D eigenvalue weighted by atomic mass is 35.5. The van der Waals surface area contributed by atoms with E-state index in [9.17, 15) is 4.79 Å². The van der Waals surface area contributed by atoms with Gasteiger partial charge in [-0.3, -0.25) is 14.8 Å². The molecule has 0 saturated heterocycles. The van der Waals surface area contributed by atoms with Gasteiger partial charge in [0.25, 0.3) is 0 Å². The number of carbonyl (C=O) groups excluding carboxylic acids is 1. The highest BCUT2D eigenvalue weighted by Gasteiger charge is 2.23. The van der Waals surface area contributed by atoms with Crippen LogP contribution in [-0.2, 0) is 6.54 Å². The lowest BCUT2D eigenvalue weighted by Gasteiger charge is -2.12. The van der Waals surface area contributed by atoms with Gasteiger partial charge in [-0.2, -0.15) is 0 Å². The Bertz CT molecular complexity index is 2060. The third-order valence-corrected chi connectivity index (χ3v) is 7.98. The molecule has 0 aliphatic heterocycles. The van der Waals surface area contributed by atoms with Gasteiger partial charge in [-0.15, -0.1) is 6.42 Å². The molecule has 3 heterocycles. The summed E-state index contributed by atoms with van der Waals surface area (Å²) < 4.78 is 1.95. The summed E-state index contributed by atoms with van der Waals surface area (Å²) in [5.74, 6) is 2.95. The van der Waals surface area contributed by atoms with Crippen LogP contribution in [0.25, 0.3) is 33.9 Å². The van der Waals surface area contributed by atoms with Crippen molar-refractivity contribution in [2.75, 3.05) is 0 Å².